The van der Waals surface area contributed by atoms with Crippen LogP contribution in [0.25, 0.3) is 0 Å². The Kier molecular flexibility index (Phi) is 12.1. The van der Waals surface area contributed by atoms with E-state index in [1.807, 2.05) is 42.5 Å². The smallest absolute Gasteiger partial charge is 0.305 e. The van der Waals surface area contributed by atoms with E-state index in [0.717, 1.165) is 5.56 Å². The molecule has 0 aromatic heterocycles. The Balaban J connectivity index is 2.01. The number of cyclic esters (lactones) is 1. The van der Waals surface area contributed by atoms with E-state index in [-0.39, 0.29) is 50.1 Å². The van der Waals surface area contributed by atoms with E-state index in [1.165, 1.54) is 0 Å². The number of nitrogens with one attached hydrogen (secondary N) is 2. The molecule has 32 heavy (non-hydrogen) atoms. The summed E-state index contributed by atoms with van der Waals surface area (Å²) >= 11 is 0. The monoisotopic (exact) mass is 446 g/mol. The Hall–Kier alpha value is -2.71. The molecule has 176 valence electrons. The minimum atomic E-state index is -0.528. The fraction of sp³-hybridized carbons (Fsp3) is 0.542. The van der Waals surface area contributed by atoms with Crippen molar-refractivity contribution < 1.29 is 29.0 Å². The van der Waals surface area contributed by atoms with Crippen molar-refractivity contribution in [1.29, 1.82) is 0 Å². The van der Waals surface area contributed by atoms with E-state index in [2.05, 4.69) is 10.6 Å². The minimum Gasteiger partial charge on any atom is -0.463 e. The molecule has 0 spiro atoms. The van der Waals surface area contributed by atoms with Crippen molar-refractivity contribution in [3.05, 3.63) is 48.0 Å². The van der Waals surface area contributed by atoms with Crippen LogP contribution >= 0.6 is 0 Å². The summed E-state index contributed by atoms with van der Waals surface area (Å²) in [6.45, 7) is 0.859. The number of allylic oxidation sites excluding steroid dienone is 2. The Morgan fingerprint density at radius 3 is 2.78 bits per heavy atom. The van der Waals surface area contributed by atoms with Crippen LogP contribution < -0.4 is 10.6 Å². The van der Waals surface area contributed by atoms with Gasteiger partial charge in [0.1, 0.15) is 6.61 Å². The lowest BCUT2D eigenvalue weighted by Gasteiger charge is -2.22. The van der Waals surface area contributed by atoms with Crippen molar-refractivity contribution in [3.8, 4) is 0 Å². The first kappa shape index (κ1) is 25.5. The van der Waals surface area contributed by atoms with Crippen LogP contribution in [0.15, 0.2) is 42.5 Å². The lowest BCUT2D eigenvalue weighted by molar-refractivity contribution is -0.145. The summed E-state index contributed by atoms with van der Waals surface area (Å²) in [6, 6.07) is 9.30. The molecule has 1 aromatic carbocycles. The molecule has 0 fully saturated rings. The molecule has 3 N–H and O–H groups in total. The fourth-order valence-electron chi connectivity index (χ4n) is 3.39. The highest BCUT2D eigenvalue weighted by Gasteiger charge is 2.24. The van der Waals surface area contributed by atoms with Gasteiger partial charge in [-0.3, -0.25) is 14.4 Å². The Morgan fingerprint density at radius 1 is 1.19 bits per heavy atom. The van der Waals surface area contributed by atoms with E-state index >= 15 is 0 Å². The van der Waals surface area contributed by atoms with Gasteiger partial charge < -0.3 is 25.2 Å². The van der Waals surface area contributed by atoms with Gasteiger partial charge in [0, 0.05) is 19.4 Å². The van der Waals surface area contributed by atoms with E-state index in [9.17, 15) is 14.4 Å². The standard InChI is InChI=1S/C24H34N2O6/c27-13-15-31-14-12-25-22(28)17-20-10-6-1-2-7-11-23(29)32-18-21(26-24(20)30)16-19-8-4-3-5-9-19/h1,3-6,8-9,20-21,27H,2,7,10-18H2,(H,25,28)(H,26,30)/t20-,21+/m1/s1. The summed E-state index contributed by atoms with van der Waals surface area (Å²) in [4.78, 5) is 37.4. The molecule has 0 unspecified atom stereocenters. The molecule has 0 radical (unpaired) electrons. The number of ether oxygens (including phenoxy) is 2. The normalized spacial score (nSPS) is 20.3. The van der Waals surface area contributed by atoms with Crippen LogP contribution in [0.4, 0.5) is 0 Å². The summed E-state index contributed by atoms with van der Waals surface area (Å²) in [5.41, 5.74) is 1.02. The third kappa shape index (κ3) is 10.5. The molecule has 1 heterocycles. The van der Waals surface area contributed by atoms with Crippen LogP contribution in [0, 0.1) is 5.92 Å². The highest BCUT2D eigenvalue weighted by Crippen LogP contribution is 2.14. The Bertz CT molecular complexity index is 737. The maximum Gasteiger partial charge on any atom is 0.305 e. The Labute approximate surface area is 189 Å². The molecular weight excluding hydrogens is 412 g/mol. The minimum absolute atomic E-state index is 0.0496. The molecule has 0 bridgehead atoms. The zero-order valence-electron chi connectivity index (χ0n) is 18.5. The summed E-state index contributed by atoms with van der Waals surface area (Å²) in [5.74, 6) is -1.28. The van der Waals surface area contributed by atoms with Gasteiger partial charge in [0.15, 0.2) is 0 Å². The molecule has 1 aromatic rings. The number of benzene rings is 1. The maximum absolute atomic E-state index is 13.0. The molecule has 8 nitrogen and oxygen atoms in total. The number of hydrogen-bond donors (Lipinski definition) is 3. The number of aliphatic hydroxyl groups is 1. The van der Waals surface area contributed by atoms with E-state index in [1.54, 1.807) is 0 Å². The number of carbonyl (C=O) groups excluding carboxylic acids is 3. The average Bonchev–Trinajstić information content (AvgIpc) is 2.80. The van der Waals surface area contributed by atoms with Gasteiger partial charge in [-0.15, -0.1) is 0 Å². The molecule has 1 aliphatic heterocycles. The van der Waals surface area contributed by atoms with Crippen LogP contribution in [0.5, 0.6) is 0 Å². The van der Waals surface area contributed by atoms with Gasteiger partial charge >= 0.3 is 5.97 Å². The van der Waals surface area contributed by atoms with Gasteiger partial charge in [0.2, 0.25) is 11.8 Å². The topological polar surface area (TPSA) is 114 Å². The van der Waals surface area contributed by atoms with E-state index in [0.29, 0.717) is 45.3 Å². The SMILES string of the molecule is O=C(C[C@H]1CC=CCCCC(=O)OC[C@H](Cc2ccccc2)NC1=O)NCCOCCO. The van der Waals surface area contributed by atoms with Gasteiger partial charge in [-0.2, -0.15) is 0 Å². The second-order valence-electron chi connectivity index (χ2n) is 7.76. The highest BCUT2D eigenvalue weighted by atomic mass is 16.5. The molecule has 0 saturated carbocycles. The number of hydrogen-bond acceptors (Lipinski definition) is 6. The first-order valence-corrected chi connectivity index (χ1v) is 11.2. The van der Waals surface area contributed by atoms with Crippen molar-refractivity contribution in [1.82, 2.24) is 10.6 Å². The first-order chi connectivity index (χ1) is 15.6. The van der Waals surface area contributed by atoms with Crippen molar-refractivity contribution in [2.75, 3.05) is 33.0 Å². The molecule has 2 rings (SSSR count). The second-order valence-corrected chi connectivity index (χ2v) is 7.76. The van der Waals surface area contributed by atoms with Gasteiger partial charge in [0.25, 0.3) is 0 Å². The summed E-state index contributed by atoms with van der Waals surface area (Å²) in [5, 5.41) is 14.4. The number of carbonyl (C=O) groups is 3. The molecule has 1 aliphatic rings. The predicted molar refractivity (Wildman–Crippen MR) is 120 cm³/mol. The first-order valence-electron chi connectivity index (χ1n) is 11.2. The largest absolute Gasteiger partial charge is 0.463 e. The van der Waals surface area contributed by atoms with Crippen LogP contribution in [0.3, 0.4) is 0 Å². The highest BCUT2D eigenvalue weighted by molar-refractivity contribution is 5.86. The summed E-state index contributed by atoms with van der Waals surface area (Å²) < 4.78 is 10.5. The van der Waals surface area contributed by atoms with E-state index < -0.39 is 5.92 Å². The quantitative estimate of drug-likeness (QED) is 0.301. The van der Waals surface area contributed by atoms with E-state index in [4.69, 9.17) is 14.6 Å². The molecule has 2 atom stereocenters. The molecule has 0 saturated heterocycles. The van der Waals surface area contributed by atoms with Gasteiger partial charge in [0.05, 0.1) is 31.8 Å². The third-order valence-electron chi connectivity index (χ3n) is 5.06. The van der Waals surface area contributed by atoms with Gasteiger partial charge in [-0.1, -0.05) is 42.5 Å². The lowest BCUT2D eigenvalue weighted by atomic mass is 9.97. The number of aliphatic hydroxyl groups excluding tert-OH is 1. The number of amides is 2. The van der Waals surface area contributed by atoms with Crippen molar-refractivity contribution >= 4 is 17.8 Å². The number of rotatable bonds is 9. The average molecular weight is 447 g/mol. The van der Waals surface area contributed by atoms with Crippen LogP contribution in [-0.2, 0) is 30.3 Å². The zero-order chi connectivity index (χ0) is 23.0. The molecule has 8 heteroatoms. The summed E-state index contributed by atoms with van der Waals surface area (Å²) in [6.07, 6.45) is 6.58. The Morgan fingerprint density at radius 2 is 2.00 bits per heavy atom. The third-order valence-corrected chi connectivity index (χ3v) is 5.06. The van der Waals surface area contributed by atoms with Crippen LogP contribution in [0.2, 0.25) is 0 Å². The zero-order valence-corrected chi connectivity index (χ0v) is 18.5. The lowest BCUT2D eigenvalue weighted by Crippen LogP contribution is -2.44. The molecule has 0 aliphatic carbocycles. The van der Waals surface area contributed by atoms with Crippen molar-refractivity contribution in [2.45, 2.75) is 44.6 Å². The van der Waals surface area contributed by atoms with Gasteiger partial charge in [-0.25, -0.2) is 0 Å². The molecular formula is C24H34N2O6. The van der Waals surface area contributed by atoms with Crippen molar-refractivity contribution in [2.24, 2.45) is 5.92 Å². The van der Waals surface area contributed by atoms with Gasteiger partial charge in [-0.05, 0) is 31.2 Å². The van der Waals surface area contributed by atoms with Crippen molar-refractivity contribution in [3.63, 3.8) is 0 Å². The summed E-state index contributed by atoms with van der Waals surface area (Å²) in [7, 11) is 0. The second kappa shape index (κ2) is 15.2. The number of esters is 1. The maximum atomic E-state index is 13.0. The van der Waals surface area contributed by atoms with Crippen LogP contribution in [-0.4, -0.2) is 61.9 Å². The fourth-order valence-corrected chi connectivity index (χ4v) is 3.39. The predicted octanol–water partition coefficient (Wildman–Crippen LogP) is 1.52. The van der Waals surface area contributed by atoms with Crippen LogP contribution in [0.1, 0.15) is 37.7 Å². The molecule has 2 amide bonds.